The van der Waals surface area contributed by atoms with Gasteiger partial charge in [-0.1, -0.05) is 41.5 Å². The van der Waals surface area contributed by atoms with Crippen molar-refractivity contribution in [3.8, 4) is 0 Å². The molecule has 0 aromatic rings. The van der Waals surface area contributed by atoms with Crippen LogP contribution in [-0.4, -0.2) is 24.6 Å². The Morgan fingerprint density at radius 1 is 1.08 bits per heavy atom. The maximum absolute atomic E-state index is 12.7. The molecule has 5 unspecified atom stereocenters. The van der Waals surface area contributed by atoms with Gasteiger partial charge in [0.05, 0.1) is 12.0 Å². The minimum atomic E-state index is -0.178. The maximum atomic E-state index is 12.7. The first kappa shape index (κ1) is 19.9. The van der Waals surface area contributed by atoms with E-state index in [0.29, 0.717) is 17.6 Å². The monoisotopic (exact) mass is 364 g/mol. The van der Waals surface area contributed by atoms with Crippen LogP contribution in [0.5, 0.6) is 0 Å². The van der Waals surface area contributed by atoms with Crippen LogP contribution < -0.4 is 0 Å². The molecule has 4 heteroatoms. The summed E-state index contributed by atoms with van der Waals surface area (Å²) < 4.78 is 11.5. The maximum Gasteiger partial charge on any atom is 0.311 e. The Morgan fingerprint density at radius 2 is 1.77 bits per heavy atom. The van der Waals surface area contributed by atoms with E-state index in [1.165, 1.54) is 6.42 Å². The Morgan fingerprint density at radius 3 is 2.38 bits per heavy atom. The molecule has 0 heterocycles. The molecule has 0 aromatic heterocycles. The minimum Gasteiger partial charge on any atom is -0.438 e. The summed E-state index contributed by atoms with van der Waals surface area (Å²) in [5.41, 5.74) is -0.0887. The van der Waals surface area contributed by atoms with Crippen molar-refractivity contribution in [2.24, 2.45) is 40.4 Å². The number of esters is 1. The van der Waals surface area contributed by atoms with E-state index in [-0.39, 0.29) is 47.4 Å². The standard InChI is InChI=1S/C22H36O4/c1-21(2,3)11-17(22(4,5)6)20(24)26-12-25-19-15-8-13-7-14(10-15)18(23)16(19)9-13/h13-17,19H,7-12H2,1-6H3/t13?,14?,15?,16?,17-,19?/m1/s1. The van der Waals surface area contributed by atoms with Crippen LogP contribution in [-0.2, 0) is 19.1 Å². The van der Waals surface area contributed by atoms with Crippen molar-refractivity contribution in [2.75, 3.05) is 6.79 Å². The first-order valence-electron chi connectivity index (χ1n) is 10.3. The molecule has 4 aliphatic carbocycles. The Balaban J connectivity index is 1.55. The molecule has 6 atom stereocenters. The van der Waals surface area contributed by atoms with Crippen molar-refractivity contribution in [1.82, 2.24) is 0 Å². The third-order valence-electron chi connectivity index (χ3n) is 6.67. The lowest BCUT2D eigenvalue weighted by atomic mass is 9.54. The van der Waals surface area contributed by atoms with Gasteiger partial charge in [-0.2, -0.15) is 0 Å². The average Bonchev–Trinajstić information content (AvgIpc) is 2.50. The number of ether oxygens (including phenoxy) is 2. The summed E-state index contributed by atoms with van der Waals surface area (Å²) >= 11 is 0. The van der Waals surface area contributed by atoms with E-state index in [0.717, 1.165) is 25.7 Å². The first-order chi connectivity index (χ1) is 12.0. The molecule has 26 heavy (non-hydrogen) atoms. The predicted molar refractivity (Wildman–Crippen MR) is 100 cm³/mol. The number of hydrogen-bond acceptors (Lipinski definition) is 4. The summed E-state index contributed by atoms with van der Waals surface area (Å²) in [6, 6.07) is 0. The van der Waals surface area contributed by atoms with Crippen LogP contribution in [0.4, 0.5) is 0 Å². The first-order valence-corrected chi connectivity index (χ1v) is 10.3. The van der Waals surface area contributed by atoms with Gasteiger partial charge in [0.1, 0.15) is 5.78 Å². The van der Waals surface area contributed by atoms with Gasteiger partial charge < -0.3 is 9.47 Å². The Labute approximate surface area is 158 Å². The summed E-state index contributed by atoms with van der Waals surface area (Å²) in [5.74, 6) is 1.56. The van der Waals surface area contributed by atoms with Gasteiger partial charge in [0, 0.05) is 11.8 Å². The summed E-state index contributed by atoms with van der Waals surface area (Å²) in [6.45, 7) is 12.7. The highest BCUT2D eigenvalue weighted by molar-refractivity contribution is 5.86. The van der Waals surface area contributed by atoms with Crippen LogP contribution in [0.1, 0.15) is 73.6 Å². The van der Waals surface area contributed by atoms with E-state index in [4.69, 9.17) is 9.47 Å². The second-order valence-corrected chi connectivity index (χ2v) is 11.2. The highest BCUT2D eigenvalue weighted by Gasteiger charge is 2.53. The number of rotatable bonds is 5. The third-order valence-corrected chi connectivity index (χ3v) is 6.67. The molecule has 4 rings (SSSR count). The number of carbonyl (C=O) groups is 2. The van der Waals surface area contributed by atoms with Crippen molar-refractivity contribution >= 4 is 11.8 Å². The molecule has 0 aromatic carbocycles. The molecule has 0 radical (unpaired) electrons. The van der Waals surface area contributed by atoms with Crippen molar-refractivity contribution in [3.05, 3.63) is 0 Å². The van der Waals surface area contributed by atoms with E-state index in [2.05, 4.69) is 41.5 Å². The van der Waals surface area contributed by atoms with E-state index >= 15 is 0 Å². The van der Waals surface area contributed by atoms with Gasteiger partial charge in [0.2, 0.25) is 0 Å². The highest BCUT2D eigenvalue weighted by Crippen LogP contribution is 2.53. The summed E-state index contributed by atoms with van der Waals surface area (Å²) in [5, 5.41) is 0. The van der Waals surface area contributed by atoms with Gasteiger partial charge in [0.25, 0.3) is 0 Å². The molecule has 4 fully saturated rings. The number of ketones is 1. The fourth-order valence-corrected chi connectivity index (χ4v) is 5.46. The molecule has 0 amide bonds. The van der Waals surface area contributed by atoms with Gasteiger partial charge in [-0.05, 0) is 54.8 Å². The quantitative estimate of drug-likeness (QED) is 0.528. The molecule has 0 spiro atoms. The lowest BCUT2D eigenvalue weighted by Crippen LogP contribution is -2.55. The Bertz CT molecular complexity index is 553. The van der Waals surface area contributed by atoms with E-state index in [9.17, 15) is 9.59 Å². The van der Waals surface area contributed by atoms with E-state index in [1.807, 2.05) is 0 Å². The van der Waals surface area contributed by atoms with Gasteiger partial charge in [-0.3, -0.25) is 9.59 Å². The predicted octanol–water partition coefficient (Wildman–Crippen LogP) is 4.61. The molecular weight excluding hydrogens is 328 g/mol. The van der Waals surface area contributed by atoms with Crippen molar-refractivity contribution in [2.45, 2.75) is 79.8 Å². The molecule has 0 saturated heterocycles. The second-order valence-electron chi connectivity index (χ2n) is 11.2. The molecular formula is C22H36O4. The van der Waals surface area contributed by atoms with Gasteiger partial charge in [-0.25, -0.2) is 0 Å². The highest BCUT2D eigenvalue weighted by atomic mass is 16.7. The summed E-state index contributed by atoms with van der Waals surface area (Å²) in [4.78, 5) is 25.2. The molecule has 4 bridgehead atoms. The smallest absolute Gasteiger partial charge is 0.311 e. The Hall–Kier alpha value is -0.900. The van der Waals surface area contributed by atoms with Gasteiger partial charge in [-0.15, -0.1) is 0 Å². The van der Waals surface area contributed by atoms with Crippen LogP contribution in [0.3, 0.4) is 0 Å². The van der Waals surface area contributed by atoms with Gasteiger partial charge in [0.15, 0.2) is 6.79 Å². The number of Topliss-reactive ketones (excluding diaryl/α,β-unsaturated/α-hetero) is 1. The Kier molecular flexibility index (Phi) is 5.29. The van der Waals surface area contributed by atoms with Gasteiger partial charge >= 0.3 is 5.97 Å². The number of hydrogen-bond donors (Lipinski definition) is 0. The summed E-state index contributed by atoms with van der Waals surface area (Å²) in [6.07, 6.45) is 4.95. The fraction of sp³-hybridized carbons (Fsp3) is 0.909. The molecule has 148 valence electrons. The van der Waals surface area contributed by atoms with Crippen LogP contribution in [0.15, 0.2) is 0 Å². The zero-order chi connectivity index (χ0) is 19.3. The topological polar surface area (TPSA) is 52.6 Å². The molecule has 0 N–H and O–H groups in total. The molecule has 4 aliphatic rings. The number of carbonyl (C=O) groups excluding carboxylic acids is 2. The van der Waals surface area contributed by atoms with Crippen molar-refractivity contribution in [3.63, 3.8) is 0 Å². The average molecular weight is 365 g/mol. The SMILES string of the molecule is CC(C)(C)C[C@H](C(=O)OCOC1C2CC3CC(C2)C(=O)C1C3)C(C)(C)C. The second kappa shape index (κ2) is 6.92. The molecule has 4 nitrogen and oxygen atoms in total. The molecule has 0 aliphatic heterocycles. The zero-order valence-corrected chi connectivity index (χ0v) is 17.3. The minimum absolute atomic E-state index is 0.0180. The van der Waals surface area contributed by atoms with Crippen LogP contribution in [0.2, 0.25) is 0 Å². The van der Waals surface area contributed by atoms with Crippen LogP contribution >= 0.6 is 0 Å². The summed E-state index contributed by atoms with van der Waals surface area (Å²) in [7, 11) is 0. The fourth-order valence-electron chi connectivity index (χ4n) is 5.46. The van der Waals surface area contributed by atoms with Crippen molar-refractivity contribution < 1.29 is 19.1 Å². The van der Waals surface area contributed by atoms with E-state index < -0.39 is 0 Å². The van der Waals surface area contributed by atoms with E-state index in [1.54, 1.807) is 0 Å². The zero-order valence-electron chi connectivity index (χ0n) is 17.3. The van der Waals surface area contributed by atoms with Crippen LogP contribution in [0, 0.1) is 40.4 Å². The van der Waals surface area contributed by atoms with Crippen molar-refractivity contribution in [1.29, 1.82) is 0 Å². The third kappa shape index (κ3) is 4.16. The lowest BCUT2D eigenvalue weighted by molar-refractivity contribution is -0.193. The molecule has 4 saturated carbocycles. The largest absolute Gasteiger partial charge is 0.438 e. The van der Waals surface area contributed by atoms with Crippen LogP contribution in [0.25, 0.3) is 0 Å². The normalized spacial score (nSPS) is 34.8. The lowest BCUT2D eigenvalue weighted by Gasteiger charge is -2.52.